The average molecular weight is 363 g/mol. The fourth-order valence-corrected chi connectivity index (χ4v) is 5.15. The quantitative estimate of drug-likeness (QED) is 0.540. The van der Waals surface area contributed by atoms with Crippen molar-refractivity contribution in [3.63, 3.8) is 0 Å². The lowest BCUT2D eigenvalue weighted by Gasteiger charge is -2.67. The van der Waals surface area contributed by atoms with E-state index in [4.69, 9.17) is 9.85 Å². The molecule has 0 bridgehead atoms. The van der Waals surface area contributed by atoms with E-state index in [0.29, 0.717) is 6.54 Å². The Labute approximate surface area is 159 Å². The fourth-order valence-electron chi connectivity index (χ4n) is 5.15. The van der Waals surface area contributed by atoms with Crippen molar-refractivity contribution >= 4 is 5.97 Å². The Morgan fingerprint density at radius 2 is 1.38 bits per heavy atom. The first-order valence-corrected chi connectivity index (χ1v) is 9.71. The lowest BCUT2D eigenvalue weighted by atomic mass is 9.35. The van der Waals surface area contributed by atoms with Gasteiger partial charge in [0, 0.05) is 0 Å². The van der Waals surface area contributed by atoms with Gasteiger partial charge in [-0.15, -0.1) is 0 Å². The third kappa shape index (κ3) is 2.58. The van der Waals surface area contributed by atoms with Gasteiger partial charge in [0.25, 0.3) is 0 Å². The molecule has 1 aliphatic heterocycles. The van der Waals surface area contributed by atoms with E-state index in [2.05, 4.69) is 67.4 Å². The van der Waals surface area contributed by atoms with Crippen molar-refractivity contribution < 1.29 is 9.53 Å². The first kappa shape index (κ1) is 21.1. The average Bonchev–Trinajstić information content (AvgIpc) is 2.59. The van der Waals surface area contributed by atoms with E-state index < -0.39 is 16.6 Å². The van der Waals surface area contributed by atoms with Crippen LogP contribution in [0, 0.1) is 21.7 Å². The lowest BCUT2D eigenvalue weighted by Crippen LogP contribution is -2.71. The SMILES string of the molecule is CC(C)(C)OC(=O)C1=C(C(C)(C)C)C2(C(C)(C)C)N=NCC12C(C)(C)C. The molecule has 4 heteroatoms. The molecule has 2 rings (SSSR count). The highest BCUT2D eigenvalue weighted by Gasteiger charge is 2.78. The Kier molecular flexibility index (Phi) is 4.40. The summed E-state index contributed by atoms with van der Waals surface area (Å²) in [6, 6.07) is 0. The minimum Gasteiger partial charge on any atom is -0.457 e. The third-order valence-electron chi connectivity index (χ3n) is 5.90. The second-order valence-electron chi connectivity index (χ2n) is 12.0. The van der Waals surface area contributed by atoms with Crippen LogP contribution in [0.5, 0.6) is 0 Å². The van der Waals surface area contributed by atoms with Crippen molar-refractivity contribution in [3.05, 3.63) is 11.1 Å². The molecule has 2 aliphatic rings. The Balaban J connectivity index is 2.87. The number of hydrogen-bond donors (Lipinski definition) is 0. The van der Waals surface area contributed by atoms with Crippen molar-refractivity contribution in [1.82, 2.24) is 0 Å². The van der Waals surface area contributed by atoms with E-state index in [0.717, 1.165) is 11.1 Å². The molecule has 26 heavy (non-hydrogen) atoms. The summed E-state index contributed by atoms with van der Waals surface area (Å²) in [5.74, 6) is -0.204. The number of hydrogen-bond acceptors (Lipinski definition) is 4. The third-order valence-corrected chi connectivity index (χ3v) is 5.90. The zero-order valence-electron chi connectivity index (χ0n) is 18.9. The number of azo groups is 1. The molecule has 0 spiro atoms. The molecule has 4 nitrogen and oxygen atoms in total. The van der Waals surface area contributed by atoms with Crippen molar-refractivity contribution in [2.75, 3.05) is 6.54 Å². The predicted molar refractivity (Wildman–Crippen MR) is 106 cm³/mol. The van der Waals surface area contributed by atoms with Crippen LogP contribution in [0.15, 0.2) is 21.4 Å². The highest BCUT2D eigenvalue weighted by Crippen LogP contribution is 2.75. The number of ether oxygens (including phenoxy) is 1. The molecule has 0 amide bonds. The number of nitrogens with zero attached hydrogens (tertiary/aromatic N) is 2. The number of fused-ring (bicyclic) bond motifs is 1. The molecule has 0 fully saturated rings. The highest BCUT2D eigenvalue weighted by atomic mass is 16.6. The summed E-state index contributed by atoms with van der Waals surface area (Å²) in [4.78, 5) is 13.4. The van der Waals surface area contributed by atoms with Gasteiger partial charge in [-0.1, -0.05) is 62.3 Å². The van der Waals surface area contributed by atoms with Gasteiger partial charge >= 0.3 is 5.97 Å². The van der Waals surface area contributed by atoms with Crippen molar-refractivity contribution in [2.24, 2.45) is 31.9 Å². The van der Waals surface area contributed by atoms with Gasteiger partial charge in [0.15, 0.2) is 0 Å². The number of rotatable bonds is 1. The van der Waals surface area contributed by atoms with Gasteiger partial charge < -0.3 is 4.74 Å². The van der Waals surface area contributed by atoms with Crippen LogP contribution >= 0.6 is 0 Å². The minimum absolute atomic E-state index is 0.158. The summed E-state index contributed by atoms with van der Waals surface area (Å²) in [6.07, 6.45) is 0. The van der Waals surface area contributed by atoms with E-state index in [1.54, 1.807) is 0 Å². The van der Waals surface area contributed by atoms with E-state index in [1.807, 2.05) is 20.8 Å². The molecule has 0 aromatic heterocycles. The zero-order chi connectivity index (χ0) is 20.6. The molecular formula is C22H38N2O2. The molecule has 0 saturated carbocycles. The first-order valence-electron chi connectivity index (χ1n) is 9.71. The molecular weight excluding hydrogens is 324 g/mol. The summed E-state index contributed by atoms with van der Waals surface area (Å²) in [5, 5.41) is 9.44. The summed E-state index contributed by atoms with van der Waals surface area (Å²) in [6.45, 7) is 26.1. The normalized spacial score (nSPS) is 29.5. The van der Waals surface area contributed by atoms with Crippen LogP contribution in [0.2, 0.25) is 0 Å². The Morgan fingerprint density at radius 3 is 1.73 bits per heavy atom. The number of carbonyl (C=O) groups is 1. The van der Waals surface area contributed by atoms with Crippen LogP contribution in [-0.4, -0.2) is 23.7 Å². The minimum atomic E-state index is -0.529. The van der Waals surface area contributed by atoms with E-state index in [-0.39, 0.29) is 22.2 Å². The van der Waals surface area contributed by atoms with Crippen LogP contribution in [0.25, 0.3) is 0 Å². The molecule has 2 atom stereocenters. The molecule has 0 aromatic rings. The van der Waals surface area contributed by atoms with Gasteiger partial charge in [-0.3, -0.25) is 0 Å². The molecule has 0 saturated heterocycles. The Hall–Kier alpha value is -1.19. The maximum atomic E-state index is 13.4. The van der Waals surface area contributed by atoms with E-state index in [9.17, 15) is 4.79 Å². The Bertz CT molecular complexity index is 675. The van der Waals surface area contributed by atoms with Crippen molar-refractivity contribution in [2.45, 2.75) is 94.2 Å². The Morgan fingerprint density at radius 1 is 0.885 bits per heavy atom. The van der Waals surface area contributed by atoms with Crippen molar-refractivity contribution in [1.29, 1.82) is 0 Å². The smallest absolute Gasteiger partial charge is 0.335 e. The molecule has 1 aliphatic carbocycles. The van der Waals surface area contributed by atoms with Gasteiger partial charge in [0.1, 0.15) is 11.1 Å². The molecule has 0 N–H and O–H groups in total. The molecule has 1 heterocycles. The molecule has 0 radical (unpaired) electrons. The van der Waals surface area contributed by atoms with Crippen LogP contribution in [-0.2, 0) is 9.53 Å². The van der Waals surface area contributed by atoms with E-state index in [1.165, 1.54) is 0 Å². The van der Waals surface area contributed by atoms with Crippen LogP contribution in [0.4, 0.5) is 0 Å². The monoisotopic (exact) mass is 362 g/mol. The number of carbonyl (C=O) groups excluding carboxylic acids is 1. The van der Waals surface area contributed by atoms with Crippen LogP contribution in [0.1, 0.15) is 83.1 Å². The first-order chi connectivity index (χ1) is 11.3. The van der Waals surface area contributed by atoms with Crippen LogP contribution in [0.3, 0.4) is 0 Å². The predicted octanol–water partition coefficient (Wildman–Crippen LogP) is 5.97. The molecule has 0 aromatic carbocycles. The molecule has 2 unspecified atom stereocenters. The summed E-state index contributed by atoms with van der Waals surface area (Å²) < 4.78 is 5.87. The summed E-state index contributed by atoms with van der Waals surface area (Å²) >= 11 is 0. The lowest BCUT2D eigenvalue weighted by molar-refractivity contribution is -0.157. The van der Waals surface area contributed by atoms with Gasteiger partial charge in [-0.25, -0.2) is 4.79 Å². The maximum absolute atomic E-state index is 13.4. The molecule has 148 valence electrons. The van der Waals surface area contributed by atoms with Crippen LogP contribution < -0.4 is 0 Å². The summed E-state index contributed by atoms with van der Waals surface area (Å²) in [5.41, 5.74) is -0.0721. The standard InChI is InChI=1S/C22H38N2O2/c1-17(2,3)15-14(16(25)26-20(10,11)12)21(18(4,5)6)13-23-24-22(15,21)19(7,8)9/h13H2,1-12H3. The van der Waals surface area contributed by atoms with E-state index >= 15 is 0 Å². The maximum Gasteiger partial charge on any atom is 0.335 e. The van der Waals surface area contributed by atoms with Gasteiger partial charge in [0.2, 0.25) is 0 Å². The fraction of sp³-hybridized carbons (Fsp3) is 0.864. The zero-order valence-corrected chi connectivity index (χ0v) is 18.9. The van der Waals surface area contributed by atoms with Crippen molar-refractivity contribution in [3.8, 4) is 0 Å². The van der Waals surface area contributed by atoms with Gasteiger partial charge in [0.05, 0.1) is 17.5 Å². The highest BCUT2D eigenvalue weighted by molar-refractivity contribution is 5.96. The summed E-state index contributed by atoms with van der Waals surface area (Å²) in [7, 11) is 0. The largest absolute Gasteiger partial charge is 0.457 e. The van der Waals surface area contributed by atoms with Gasteiger partial charge in [-0.2, -0.15) is 10.2 Å². The van der Waals surface area contributed by atoms with Gasteiger partial charge in [-0.05, 0) is 42.6 Å². The second kappa shape index (κ2) is 5.42. The second-order valence-corrected chi connectivity index (χ2v) is 12.0. The number of esters is 1. The topological polar surface area (TPSA) is 51.0 Å².